The number of benzene rings is 1. The lowest BCUT2D eigenvalue weighted by atomic mass is 9.75. The standard InChI is InChI=1S/C22H31NO3/c1-15(2)11-22(24)23-10-6-7-16(3)8-9-17-12-18-13-20(25-4)21(26-5)14-19(17)18/h8,13-14,17H,1,6-7,9-12H2,2-5H3,(H,23,24)/b16-8+/t17-/m0/s1. The fourth-order valence-electron chi connectivity index (χ4n) is 3.33. The maximum Gasteiger partial charge on any atom is 0.224 e. The molecule has 0 saturated carbocycles. The maximum absolute atomic E-state index is 11.6. The Morgan fingerprint density at radius 3 is 2.62 bits per heavy atom. The van der Waals surface area contributed by atoms with Crippen molar-refractivity contribution in [3.63, 3.8) is 0 Å². The molecule has 0 saturated heterocycles. The number of carbonyl (C=O) groups excluding carboxylic acids is 1. The third-order valence-electron chi connectivity index (χ3n) is 4.83. The average Bonchev–Trinajstić information content (AvgIpc) is 2.58. The Morgan fingerprint density at radius 1 is 1.27 bits per heavy atom. The molecule has 0 aliphatic heterocycles. The van der Waals surface area contributed by atoms with Crippen molar-refractivity contribution >= 4 is 5.91 Å². The maximum atomic E-state index is 11.6. The summed E-state index contributed by atoms with van der Waals surface area (Å²) in [7, 11) is 3.35. The van der Waals surface area contributed by atoms with E-state index < -0.39 is 0 Å². The van der Waals surface area contributed by atoms with Gasteiger partial charge in [0.05, 0.1) is 14.2 Å². The summed E-state index contributed by atoms with van der Waals surface area (Å²) in [6.45, 7) is 8.52. The molecule has 0 heterocycles. The summed E-state index contributed by atoms with van der Waals surface area (Å²) in [5, 5.41) is 2.94. The second-order valence-corrected chi connectivity index (χ2v) is 7.18. The molecule has 142 valence electrons. The molecule has 0 aromatic heterocycles. The Hall–Kier alpha value is -2.23. The minimum atomic E-state index is 0.0644. The van der Waals surface area contributed by atoms with Gasteiger partial charge in [-0.1, -0.05) is 23.8 Å². The van der Waals surface area contributed by atoms with Crippen molar-refractivity contribution in [3.8, 4) is 11.5 Å². The monoisotopic (exact) mass is 357 g/mol. The van der Waals surface area contributed by atoms with Crippen LogP contribution in [0.25, 0.3) is 0 Å². The van der Waals surface area contributed by atoms with Crippen LogP contribution in [0.5, 0.6) is 11.5 Å². The van der Waals surface area contributed by atoms with Gasteiger partial charge in [-0.2, -0.15) is 0 Å². The van der Waals surface area contributed by atoms with Crippen LogP contribution in [0.1, 0.15) is 56.6 Å². The summed E-state index contributed by atoms with van der Waals surface area (Å²) < 4.78 is 10.8. The smallest absolute Gasteiger partial charge is 0.224 e. The van der Waals surface area contributed by atoms with Crippen LogP contribution >= 0.6 is 0 Å². The van der Waals surface area contributed by atoms with Gasteiger partial charge in [0.15, 0.2) is 11.5 Å². The van der Waals surface area contributed by atoms with Crippen LogP contribution in [0.2, 0.25) is 0 Å². The van der Waals surface area contributed by atoms with Crippen LogP contribution in [0.4, 0.5) is 0 Å². The molecule has 26 heavy (non-hydrogen) atoms. The zero-order valence-electron chi connectivity index (χ0n) is 16.5. The molecular weight excluding hydrogens is 326 g/mol. The molecule has 1 aromatic carbocycles. The predicted molar refractivity (Wildman–Crippen MR) is 106 cm³/mol. The van der Waals surface area contributed by atoms with E-state index in [1.807, 2.05) is 6.92 Å². The lowest BCUT2D eigenvalue weighted by molar-refractivity contribution is -0.120. The molecule has 0 unspecified atom stereocenters. The molecule has 0 bridgehead atoms. The summed E-state index contributed by atoms with van der Waals surface area (Å²) in [4.78, 5) is 11.6. The lowest BCUT2D eigenvalue weighted by Crippen LogP contribution is -2.24. The lowest BCUT2D eigenvalue weighted by Gasteiger charge is -2.30. The number of allylic oxidation sites excluding steroid dienone is 2. The number of ether oxygens (including phenoxy) is 2. The first-order valence-electron chi connectivity index (χ1n) is 9.26. The quantitative estimate of drug-likeness (QED) is 0.494. The molecule has 0 fully saturated rings. The molecular formula is C22H31NO3. The molecule has 2 rings (SSSR count). The highest BCUT2D eigenvalue weighted by molar-refractivity contribution is 5.78. The molecule has 4 heteroatoms. The van der Waals surface area contributed by atoms with E-state index in [-0.39, 0.29) is 5.91 Å². The van der Waals surface area contributed by atoms with Gasteiger partial charge in [-0.05, 0) is 68.7 Å². The highest BCUT2D eigenvalue weighted by Crippen LogP contribution is 2.44. The van der Waals surface area contributed by atoms with Crippen LogP contribution in [-0.4, -0.2) is 26.7 Å². The van der Waals surface area contributed by atoms with Crippen molar-refractivity contribution in [1.82, 2.24) is 5.32 Å². The van der Waals surface area contributed by atoms with Crippen molar-refractivity contribution in [3.05, 3.63) is 47.1 Å². The van der Waals surface area contributed by atoms with E-state index in [4.69, 9.17) is 9.47 Å². The van der Waals surface area contributed by atoms with Gasteiger partial charge in [0.25, 0.3) is 0 Å². The Kier molecular flexibility index (Phi) is 7.31. The topological polar surface area (TPSA) is 47.6 Å². The molecule has 1 aliphatic carbocycles. The first-order valence-corrected chi connectivity index (χ1v) is 9.26. The highest BCUT2D eigenvalue weighted by Gasteiger charge is 2.27. The normalized spacial score (nSPS) is 15.7. The number of nitrogens with one attached hydrogen (secondary N) is 1. The zero-order chi connectivity index (χ0) is 19.1. The van der Waals surface area contributed by atoms with E-state index in [9.17, 15) is 4.79 Å². The number of hydrogen-bond acceptors (Lipinski definition) is 3. The van der Waals surface area contributed by atoms with E-state index in [0.717, 1.165) is 49.3 Å². The summed E-state index contributed by atoms with van der Waals surface area (Å²) in [6.07, 6.45) is 6.88. The van der Waals surface area contributed by atoms with Crippen LogP contribution in [0.15, 0.2) is 35.9 Å². The minimum Gasteiger partial charge on any atom is -0.493 e. The Morgan fingerprint density at radius 2 is 1.96 bits per heavy atom. The summed E-state index contributed by atoms with van der Waals surface area (Å²) in [5.74, 6) is 2.25. The number of amides is 1. The van der Waals surface area contributed by atoms with Crippen molar-refractivity contribution in [2.75, 3.05) is 20.8 Å². The van der Waals surface area contributed by atoms with Crippen LogP contribution in [-0.2, 0) is 11.2 Å². The van der Waals surface area contributed by atoms with Gasteiger partial charge in [0.1, 0.15) is 0 Å². The number of fused-ring (bicyclic) bond motifs is 1. The summed E-state index contributed by atoms with van der Waals surface area (Å²) in [5.41, 5.74) is 5.01. The number of hydrogen-bond donors (Lipinski definition) is 1. The molecule has 1 aromatic rings. The van der Waals surface area contributed by atoms with Gasteiger partial charge in [-0.3, -0.25) is 4.79 Å². The fourth-order valence-corrected chi connectivity index (χ4v) is 3.33. The Labute approximate surface area is 157 Å². The molecule has 4 nitrogen and oxygen atoms in total. The van der Waals surface area contributed by atoms with Crippen molar-refractivity contribution in [2.24, 2.45) is 0 Å². The molecule has 0 spiro atoms. The third kappa shape index (κ3) is 5.38. The first kappa shape index (κ1) is 20.1. The molecule has 0 radical (unpaired) electrons. The predicted octanol–water partition coefficient (Wildman–Crippen LogP) is 4.54. The SMILES string of the molecule is C=C(C)CC(=O)NCCC/C(C)=C/C[C@H]1Cc2cc(OC)c(OC)cc21. The number of carbonyl (C=O) groups is 1. The van der Waals surface area contributed by atoms with Crippen molar-refractivity contribution in [1.29, 1.82) is 0 Å². The second-order valence-electron chi connectivity index (χ2n) is 7.18. The Balaban J connectivity index is 1.76. The summed E-state index contributed by atoms with van der Waals surface area (Å²) in [6, 6.07) is 4.21. The van der Waals surface area contributed by atoms with Gasteiger partial charge in [-0.25, -0.2) is 0 Å². The fraction of sp³-hybridized carbons (Fsp3) is 0.500. The molecule has 1 atom stereocenters. The van der Waals surface area contributed by atoms with Crippen molar-refractivity contribution in [2.45, 2.75) is 51.9 Å². The van der Waals surface area contributed by atoms with Gasteiger partial charge >= 0.3 is 0 Å². The van der Waals surface area contributed by atoms with Crippen LogP contribution in [0.3, 0.4) is 0 Å². The number of methoxy groups -OCH3 is 2. The van der Waals surface area contributed by atoms with Gasteiger partial charge in [-0.15, -0.1) is 0 Å². The van der Waals surface area contributed by atoms with E-state index in [1.54, 1.807) is 14.2 Å². The average molecular weight is 357 g/mol. The van der Waals surface area contributed by atoms with E-state index >= 15 is 0 Å². The third-order valence-corrected chi connectivity index (χ3v) is 4.83. The van der Waals surface area contributed by atoms with E-state index in [1.165, 1.54) is 16.7 Å². The van der Waals surface area contributed by atoms with Crippen LogP contribution < -0.4 is 14.8 Å². The molecule has 1 amide bonds. The Bertz CT molecular complexity index is 691. The van der Waals surface area contributed by atoms with Crippen LogP contribution in [0, 0.1) is 0 Å². The molecule has 1 aliphatic rings. The van der Waals surface area contributed by atoms with Gasteiger partial charge in [0, 0.05) is 13.0 Å². The van der Waals surface area contributed by atoms with Gasteiger partial charge in [0.2, 0.25) is 5.91 Å². The minimum absolute atomic E-state index is 0.0644. The number of rotatable bonds is 10. The zero-order valence-corrected chi connectivity index (χ0v) is 16.5. The molecule has 1 N–H and O–H groups in total. The van der Waals surface area contributed by atoms with Crippen molar-refractivity contribution < 1.29 is 14.3 Å². The first-order chi connectivity index (χ1) is 12.4. The van der Waals surface area contributed by atoms with E-state index in [0.29, 0.717) is 12.3 Å². The summed E-state index contributed by atoms with van der Waals surface area (Å²) >= 11 is 0. The van der Waals surface area contributed by atoms with Gasteiger partial charge < -0.3 is 14.8 Å². The van der Waals surface area contributed by atoms with E-state index in [2.05, 4.69) is 37.0 Å². The largest absolute Gasteiger partial charge is 0.493 e. The highest BCUT2D eigenvalue weighted by atomic mass is 16.5. The second kappa shape index (κ2) is 9.46.